The van der Waals surface area contributed by atoms with E-state index in [0.717, 1.165) is 30.4 Å². The van der Waals surface area contributed by atoms with E-state index in [1.807, 2.05) is 6.07 Å². The summed E-state index contributed by atoms with van der Waals surface area (Å²) in [6, 6.07) is 1.97. The zero-order valence-corrected chi connectivity index (χ0v) is 14.7. The van der Waals surface area contributed by atoms with Crippen LogP contribution in [0.4, 0.5) is 0 Å². The minimum atomic E-state index is 0. The van der Waals surface area contributed by atoms with E-state index in [4.69, 9.17) is 4.74 Å². The Hall–Kier alpha value is -1.05. The Labute approximate surface area is 143 Å². The molecular weight excluding hydrogens is 379 g/mol. The van der Waals surface area contributed by atoms with Crippen LogP contribution in [-0.4, -0.2) is 31.1 Å². The molecule has 1 aliphatic heterocycles. The summed E-state index contributed by atoms with van der Waals surface area (Å²) in [5, 5.41) is 6.79. The van der Waals surface area contributed by atoms with Crippen molar-refractivity contribution in [2.75, 3.05) is 20.2 Å². The van der Waals surface area contributed by atoms with Gasteiger partial charge in [-0.25, -0.2) is 0 Å². The Kier molecular flexibility index (Phi) is 5.66. The summed E-state index contributed by atoms with van der Waals surface area (Å²) in [5.74, 6) is 1.71. The van der Waals surface area contributed by atoms with E-state index in [1.54, 1.807) is 19.5 Å². The van der Waals surface area contributed by atoms with Crippen LogP contribution in [0.3, 0.4) is 0 Å². The molecule has 1 saturated carbocycles. The molecule has 2 aliphatic rings. The van der Waals surface area contributed by atoms with E-state index < -0.39 is 0 Å². The molecule has 1 aliphatic carbocycles. The van der Waals surface area contributed by atoms with Gasteiger partial charge in [-0.15, -0.1) is 24.0 Å². The first-order valence-corrected chi connectivity index (χ1v) is 7.30. The highest BCUT2D eigenvalue weighted by atomic mass is 127. The van der Waals surface area contributed by atoms with Crippen molar-refractivity contribution in [1.82, 2.24) is 15.6 Å². The predicted octanol–water partition coefficient (Wildman–Crippen LogP) is 2.32. The topological polar surface area (TPSA) is 58.5 Å². The van der Waals surface area contributed by atoms with Crippen LogP contribution >= 0.6 is 24.0 Å². The largest absolute Gasteiger partial charge is 0.495 e. The van der Waals surface area contributed by atoms with Gasteiger partial charge in [-0.05, 0) is 18.9 Å². The lowest BCUT2D eigenvalue weighted by atomic mass is 9.85. The van der Waals surface area contributed by atoms with Crippen LogP contribution in [0, 0.1) is 5.41 Å². The van der Waals surface area contributed by atoms with Crippen LogP contribution in [-0.2, 0) is 6.54 Å². The van der Waals surface area contributed by atoms with Crippen molar-refractivity contribution < 1.29 is 4.74 Å². The number of hydrogen-bond donors (Lipinski definition) is 2. The third kappa shape index (κ3) is 3.78. The van der Waals surface area contributed by atoms with Gasteiger partial charge in [0.25, 0.3) is 0 Å². The van der Waals surface area contributed by atoms with Crippen LogP contribution in [0.1, 0.15) is 31.2 Å². The molecule has 0 atom stereocenters. The number of nitrogens with one attached hydrogen (secondary N) is 2. The quantitative estimate of drug-likeness (QED) is 0.763. The molecule has 0 unspecified atom stereocenters. The second kappa shape index (κ2) is 7.29. The number of rotatable bonds is 3. The maximum atomic E-state index is 5.30. The van der Waals surface area contributed by atoms with Crippen molar-refractivity contribution in [1.29, 1.82) is 0 Å². The summed E-state index contributed by atoms with van der Waals surface area (Å²) < 4.78 is 5.30. The summed E-state index contributed by atoms with van der Waals surface area (Å²) in [6.45, 7) is 2.70. The Morgan fingerprint density at radius 3 is 2.86 bits per heavy atom. The van der Waals surface area contributed by atoms with Gasteiger partial charge in [-0.3, -0.25) is 9.98 Å². The fourth-order valence-electron chi connectivity index (χ4n) is 3.13. The van der Waals surface area contributed by atoms with Crippen molar-refractivity contribution in [2.45, 2.75) is 32.2 Å². The van der Waals surface area contributed by atoms with Gasteiger partial charge in [-0.2, -0.15) is 0 Å². The van der Waals surface area contributed by atoms with Crippen LogP contribution in [0.2, 0.25) is 0 Å². The number of methoxy groups -OCH3 is 1. The summed E-state index contributed by atoms with van der Waals surface area (Å²) in [6.07, 6.45) is 8.86. The maximum absolute atomic E-state index is 5.30. The minimum Gasteiger partial charge on any atom is -0.495 e. The highest BCUT2D eigenvalue weighted by Gasteiger charge is 2.35. The van der Waals surface area contributed by atoms with E-state index in [1.165, 1.54) is 25.7 Å². The molecule has 3 rings (SSSR count). The third-order valence-electron chi connectivity index (χ3n) is 4.40. The molecule has 0 amide bonds. The first kappa shape index (κ1) is 16.3. The zero-order valence-electron chi connectivity index (χ0n) is 12.4. The fraction of sp³-hybridized carbons (Fsp3) is 0.600. The lowest BCUT2D eigenvalue weighted by Crippen LogP contribution is -2.48. The molecule has 2 heterocycles. The van der Waals surface area contributed by atoms with Gasteiger partial charge < -0.3 is 15.4 Å². The van der Waals surface area contributed by atoms with Gasteiger partial charge >= 0.3 is 0 Å². The van der Waals surface area contributed by atoms with Crippen molar-refractivity contribution in [3.63, 3.8) is 0 Å². The summed E-state index contributed by atoms with van der Waals surface area (Å²) in [4.78, 5) is 8.73. The Bertz CT molecular complexity index is 500. The molecule has 1 spiro atoms. The molecule has 116 valence electrons. The molecule has 21 heavy (non-hydrogen) atoms. The van der Waals surface area contributed by atoms with Gasteiger partial charge in [0.2, 0.25) is 0 Å². The van der Waals surface area contributed by atoms with Crippen LogP contribution < -0.4 is 15.4 Å². The normalized spacial score (nSPS) is 19.4. The number of aromatic nitrogens is 1. The second-order valence-electron chi connectivity index (χ2n) is 5.77. The molecule has 0 saturated heterocycles. The molecule has 0 bridgehead atoms. The Morgan fingerprint density at radius 1 is 1.38 bits per heavy atom. The van der Waals surface area contributed by atoms with Gasteiger partial charge in [-0.1, -0.05) is 12.8 Å². The molecule has 0 radical (unpaired) electrons. The standard InChI is InChI=1S/C15H22N4O.HI/c1-20-13-9-16-7-4-12(13)8-17-14-18-10-15(11-19-14)5-2-3-6-15;/h4,7,9H,2-3,5-6,8,10-11H2,1H3,(H2,17,18,19);1H. The SMILES string of the molecule is COc1cnccc1CNC1=NCC2(CCCC2)CN1.I. The second-order valence-corrected chi connectivity index (χ2v) is 5.77. The number of ether oxygens (including phenoxy) is 1. The maximum Gasteiger partial charge on any atom is 0.191 e. The smallest absolute Gasteiger partial charge is 0.191 e. The van der Waals surface area contributed by atoms with Crippen LogP contribution in [0.15, 0.2) is 23.5 Å². The third-order valence-corrected chi connectivity index (χ3v) is 4.40. The molecule has 5 nitrogen and oxygen atoms in total. The van der Waals surface area contributed by atoms with Gasteiger partial charge in [0, 0.05) is 30.3 Å². The first-order valence-electron chi connectivity index (χ1n) is 7.30. The van der Waals surface area contributed by atoms with E-state index in [0.29, 0.717) is 12.0 Å². The lowest BCUT2D eigenvalue weighted by Gasteiger charge is -2.32. The number of aliphatic imine (C=N–C) groups is 1. The first-order chi connectivity index (χ1) is 9.81. The van der Waals surface area contributed by atoms with E-state index in [-0.39, 0.29) is 24.0 Å². The van der Waals surface area contributed by atoms with Crippen LogP contribution in [0.25, 0.3) is 0 Å². The number of hydrogen-bond acceptors (Lipinski definition) is 5. The predicted molar refractivity (Wildman–Crippen MR) is 94.2 cm³/mol. The van der Waals surface area contributed by atoms with E-state index in [9.17, 15) is 0 Å². The van der Waals surface area contributed by atoms with E-state index in [2.05, 4.69) is 20.6 Å². The van der Waals surface area contributed by atoms with E-state index >= 15 is 0 Å². The monoisotopic (exact) mass is 402 g/mol. The van der Waals surface area contributed by atoms with Crippen molar-refractivity contribution >= 4 is 29.9 Å². The van der Waals surface area contributed by atoms with Gasteiger partial charge in [0.1, 0.15) is 5.75 Å². The average Bonchev–Trinajstić information content (AvgIpc) is 2.95. The van der Waals surface area contributed by atoms with Crippen molar-refractivity contribution in [3.8, 4) is 5.75 Å². The Balaban J connectivity index is 0.00000161. The van der Waals surface area contributed by atoms with Gasteiger partial charge in [0.05, 0.1) is 19.9 Å². The summed E-state index contributed by atoms with van der Waals surface area (Å²) in [7, 11) is 1.67. The molecule has 1 aromatic heterocycles. The highest BCUT2D eigenvalue weighted by molar-refractivity contribution is 14.0. The molecule has 1 fully saturated rings. The number of halogens is 1. The summed E-state index contributed by atoms with van der Waals surface area (Å²) in [5.41, 5.74) is 1.52. The molecular formula is C15H23IN4O. The van der Waals surface area contributed by atoms with Crippen LogP contribution in [0.5, 0.6) is 5.75 Å². The lowest BCUT2D eigenvalue weighted by molar-refractivity contribution is 0.294. The Morgan fingerprint density at radius 2 is 2.19 bits per heavy atom. The highest BCUT2D eigenvalue weighted by Crippen LogP contribution is 2.38. The zero-order chi connectivity index (χ0) is 13.8. The summed E-state index contributed by atoms with van der Waals surface area (Å²) >= 11 is 0. The molecule has 0 aromatic carbocycles. The number of nitrogens with zero attached hydrogens (tertiary/aromatic N) is 2. The van der Waals surface area contributed by atoms with Gasteiger partial charge in [0.15, 0.2) is 5.96 Å². The number of pyridine rings is 1. The minimum absolute atomic E-state index is 0. The fourth-order valence-corrected chi connectivity index (χ4v) is 3.13. The van der Waals surface area contributed by atoms with Crippen molar-refractivity contribution in [2.24, 2.45) is 10.4 Å². The number of guanidine groups is 1. The van der Waals surface area contributed by atoms with Crippen molar-refractivity contribution in [3.05, 3.63) is 24.0 Å². The average molecular weight is 402 g/mol. The molecule has 1 aromatic rings. The molecule has 2 N–H and O–H groups in total. The molecule has 6 heteroatoms.